The van der Waals surface area contributed by atoms with Gasteiger partial charge in [-0.3, -0.25) is 10.1 Å². The monoisotopic (exact) mass is 285 g/mol. The van der Waals surface area contributed by atoms with Gasteiger partial charge < -0.3 is 4.98 Å². The van der Waals surface area contributed by atoms with Crippen molar-refractivity contribution in [3.8, 4) is 11.4 Å². The molecule has 0 saturated carbocycles. The molecule has 3 aromatic heterocycles. The fourth-order valence-corrected chi connectivity index (χ4v) is 2.83. The van der Waals surface area contributed by atoms with Crippen molar-refractivity contribution < 1.29 is 0 Å². The second-order valence-corrected chi connectivity index (χ2v) is 5.29. The SMILES string of the molecule is c1ccc2[nH]c(-c3cnc4ccc5cn[nH]c5c4c3)nc2c1. The zero-order valence-electron chi connectivity index (χ0n) is 11.5. The highest BCUT2D eigenvalue weighted by Gasteiger charge is 2.09. The summed E-state index contributed by atoms with van der Waals surface area (Å²) in [5.74, 6) is 0.826. The summed E-state index contributed by atoms with van der Waals surface area (Å²) in [5.41, 5.74) is 4.89. The van der Waals surface area contributed by atoms with E-state index in [1.807, 2.05) is 48.8 Å². The summed E-state index contributed by atoms with van der Waals surface area (Å²) in [6.07, 6.45) is 3.67. The largest absolute Gasteiger partial charge is 0.338 e. The molecule has 0 unspecified atom stereocenters. The second kappa shape index (κ2) is 4.14. The summed E-state index contributed by atoms with van der Waals surface area (Å²) < 4.78 is 0. The topological polar surface area (TPSA) is 70.2 Å². The number of imidazole rings is 1. The third-order valence-electron chi connectivity index (χ3n) is 3.94. The molecule has 5 nitrogen and oxygen atoms in total. The quantitative estimate of drug-likeness (QED) is 0.494. The van der Waals surface area contributed by atoms with E-state index in [9.17, 15) is 0 Å². The Hall–Kier alpha value is -3.21. The van der Waals surface area contributed by atoms with Crippen LogP contribution < -0.4 is 0 Å². The van der Waals surface area contributed by atoms with E-state index in [2.05, 4.69) is 31.2 Å². The van der Waals surface area contributed by atoms with Gasteiger partial charge in [0.15, 0.2) is 0 Å². The molecule has 2 aromatic carbocycles. The van der Waals surface area contributed by atoms with Gasteiger partial charge in [-0.2, -0.15) is 5.10 Å². The fourth-order valence-electron chi connectivity index (χ4n) is 2.83. The minimum atomic E-state index is 0.826. The molecule has 0 saturated heterocycles. The average Bonchev–Trinajstić information content (AvgIpc) is 3.20. The lowest BCUT2D eigenvalue weighted by molar-refractivity contribution is 1.12. The Kier molecular flexibility index (Phi) is 2.16. The van der Waals surface area contributed by atoms with E-state index in [0.29, 0.717) is 0 Å². The van der Waals surface area contributed by atoms with Crippen LogP contribution in [0.4, 0.5) is 0 Å². The Bertz CT molecular complexity index is 1100. The summed E-state index contributed by atoms with van der Waals surface area (Å²) >= 11 is 0. The number of fused-ring (bicyclic) bond motifs is 4. The van der Waals surface area contributed by atoms with Gasteiger partial charge in [-0.05, 0) is 30.3 Å². The Labute approximate surface area is 125 Å². The van der Waals surface area contributed by atoms with Gasteiger partial charge >= 0.3 is 0 Å². The third-order valence-corrected chi connectivity index (χ3v) is 3.94. The van der Waals surface area contributed by atoms with Crippen LogP contribution in [0.15, 0.2) is 54.9 Å². The van der Waals surface area contributed by atoms with E-state index in [-0.39, 0.29) is 0 Å². The molecule has 5 aromatic rings. The Morgan fingerprint density at radius 1 is 0.909 bits per heavy atom. The van der Waals surface area contributed by atoms with Gasteiger partial charge in [0.2, 0.25) is 0 Å². The summed E-state index contributed by atoms with van der Waals surface area (Å²) in [6.45, 7) is 0. The number of benzene rings is 2. The highest BCUT2D eigenvalue weighted by molar-refractivity contribution is 6.04. The van der Waals surface area contributed by atoms with Crippen LogP contribution in [0.3, 0.4) is 0 Å². The first kappa shape index (κ1) is 11.4. The molecule has 0 aliphatic heterocycles. The first-order valence-corrected chi connectivity index (χ1v) is 7.05. The molecular weight excluding hydrogens is 274 g/mol. The Morgan fingerprint density at radius 2 is 1.86 bits per heavy atom. The number of H-pyrrole nitrogens is 2. The molecule has 0 fully saturated rings. The molecule has 0 spiro atoms. The number of rotatable bonds is 1. The zero-order chi connectivity index (χ0) is 14.5. The van der Waals surface area contributed by atoms with Gasteiger partial charge in [-0.1, -0.05) is 12.1 Å². The maximum Gasteiger partial charge on any atom is 0.140 e. The van der Waals surface area contributed by atoms with Crippen molar-refractivity contribution in [1.82, 2.24) is 25.1 Å². The van der Waals surface area contributed by atoms with Crippen LogP contribution in [0, 0.1) is 0 Å². The molecule has 104 valence electrons. The standard InChI is InChI=1S/C17H11N5/c1-2-4-15-14(3-1)20-17(21-15)11-7-12-13(18-8-11)6-5-10-9-19-22-16(10)12/h1-9H,(H,19,22)(H,20,21). The lowest BCUT2D eigenvalue weighted by Gasteiger charge is -2.01. The number of aromatic nitrogens is 5. The molecule has 0 radical (unpaired) electrons. The highest BCUT2D eigenvalue weighted by atomic mass is 15.1. The van der Waals surface area contributed by atoms with E-state index in [4.69, 9.17) is 0 Å². The molecule has 22 heavy (non-hydrogen) atoms. The van der Waals surface area contributed by atoms with Gasteiger partial charge in [0.05, 0.1) is 28.3 Å². The normalized spacial score (nSPS) is 11.6. The van der Waals surface area contributed by atoms with Crippen molar-refractivity contribution in [3.05, 3.63) is 54.9 Å². The molecule has 0 aliphatic rings. The van der Waals surface area contributed by atoms with Crippen LogP contribution >= 0.6 is 0 Å². The van der Waals surface area contributed by atoms with E-state index < -0.39 is 0 Å². The molecular formula is C17H11N5. The van der Waals surface area contributed by atoms with Crippen molar-refractivity contribution in [1.29, 1.82) is 0 Å². The number of nitrogens with one attached hydrogen (secondary N) is 2. The van der Waals surface area contributed by atoms with Crippen LogP contribution in [0.5, 0.6) is 0 Å². The minimum absolute atomic E-state index is 0.826. The van der Waals surface area contributed by atoms with Crippen molar-refractivity contribution in [2.75, 3.05) is 0 Å². The summed E-state index contributed by atoms with van der Waals surface area (Å²) in [6, 6.07) is 14.1. The van der Waals surface area contributed by atoms with Gasteiger partial charge in [-0.15, -0.1) is 0 Å². The third kappa shape index (κ3) is 1.56. The molecule has 2 N–H and O–H groups in total. The number of pyridine rings is 1. The van der Waals surface area contributed by atoms with Crippen LogP contribution in [0.25, 0.3) is 44.2 Å². The van der Waals surface area contributed by atoms with Crippen molar-refractivity contribution >= 4 is 32.8 Å². The molecule has 0 atom stereocenters. The number of nitrogens with zero attached hydrogens (tertiary/aromatic N) is 3. The number of hydrogen-bond donors (Lipinski definition) is 2. The lowest BCUT2D eigenvalue weighted by atomic mass is 10.1. The van der Waals surface area contributed by atoms with Crippen LogP contribution in [-0.2, 0) is 0 Å². The van der Waals surface area contributed by atoms with E-state index >= 15 is 0 Å². The minimum Gasteiger partial charge on any atom is -0.338 e. The summed E-state index contributed by atoms with van der Waals surface area (Å²) in [7, 11) is 0. The predicted octanol–water partition coefficient (Wildman–Crippen LogP) is 3.65. The zero-order valence-corrected chi connectivity index (χ0v) is 11.5. The molecule has 0 aliphatic carbocycles. The average molecular weight is 285 g/mol. The first-order chi connectivity index (χ1) is 10.9. The lowest BCUT2D eigenvalue weighted by Crippen LogP contribution is -1.86. The van der Waals surface area contributed by atoms with Crippen LogP contribution in [-0.4, -0.2) is 25.1 Å². The molecule has 5 heteroatoms. The highest BCUT2D eigenvalue weighted by Crippen LogP contribution is 2.27. The van der Waals surface area contributed by atoms with Crippen LogP contribution in [0.2, 0.25) is 0 Å². The van der Waals surface area contributed by atoms with Gasteiger partial charge in [0, 0.05) is 22.5 Å². The number of hydrogen-bond acceptors (Lipinski definition) is 3. The van der Waals surface area contributed by atoms with Crippen LogP contribution in [0.1, 0.15) is 0 Å². The smallest absolute Gasteiger partial charge is 0.140 e. The fraction of sp³-hybridized carbons (Fsp3) is 0. The molecule has 3 heterocycles. The van der Waals surface area contributed by atoms with Crippen molar-refractivity contribution in [3.63, 3.8) is 0 Å². The summed E-state index contributed by atoms with van der Waals surface area (Å²) in [4.78, 5) is 12.5. The maximum absolute atomic E-state index is 4.64. The number of aromatic amines is 2. The molecule has 0 amide bonds. The van der Waals surface area contributed by atoms with Crippen molar-refractivity contribution in [2.24, 2.45) is 0 Å². The van der Waals surface area contributed by atoms with Gasteiger partial charge in [0.25, 0.3) is 0 Å². The van der Waals surface area contributed by atoms with E-state index in [0.717, 1.165) is 44.2 Å². The van der Waals surface area contributed by atoms with Gasteiger partial charge in [-0.25, -0.2) is 4.98 Å². The Balaban J connectivity index is 1.80. The maximum atomic E-state index is 4.64. The van der Waals surface area contributed by atoms with E-state index in [1.165, 1.54) is 0 Å². The first-order valence-electron chi connectivity index (χ1n) is 7.05. The number of para-hydroxylation sites is 2. The predicted molar refractivity (Wildman–Crippen MR) is 86.5 cm³/mol. The second-order valence-electron chi connectivity index (χ2n) is 5.29. The van der Waals surface area contributed by atoms with Crippen molar-refractivity contribution in [2.45, 2.75) is 0 Å². The molecule has 5 rings (SSSR count). The molecule has 0 bridgehead atoms. The Morgan fingerprint density at radius 3 is 2.82 bits per heavy atom. The van der Waals surface area contributed by atoms with Gasteiger partial charge in [0.1, 0.15) is 5.82 Å². The summed E-state index contributed by atoms with van der Waals surface area (Å²) in [5, 5.41) is 9.29. The van der Waals surface area contributed by atoms with E-state index in [1.54, 1.807) is 0 Å².